The minimum Gasteiger partial charge on any atom is -0.353 e. The smallest absolute Gasteiger partial charge is 0.251 e. The number of amides is 2. The number of carbonyl (C=O) groups excluding carboxylic acids is 2. The zero-order valence-corrected chi connectivity index (χ0v) is 15.7. The van der Waals surface area contributed by atoms with Crippen LogP contribution in [0, 0.1) is 0 Å². The van der Waals surface area contributed by atoms with Crippen molar-refractivity contribution in [2.75, 3.05) is 6.54 Å². The molecule has 1 heterocycles. The van der Waals surface area contributed by atoms with Gasteiger partial charge in [-0.15, -0.1) is 0 Å². The van der Waals surface area contributed by atoms with Crippen LogP contribution in [-0.4, -0.2) is 30.4 Å². The minimum atomic E-state index is -0.363. The molecule has 0 spiro atoms. The first kappa shape index (κ1) is 19.1. The predicted molar refractivity (Wildman–Crippen MR) is 106 cm³/mol. The number of nitrogens with one attached hydrogen (secondary N) is 3. The lowest BCUT2D eigenvalue weighted by molar-refractivity contribution is -0.122. The van der Waals surface area contributed by atoms with E-state index in [1.807, 2.05) is 48.5 Å². The highest BCUT2D eigenvalue weighted by Crippen LogP contribution is 2.18. The van der Waals surface area contributed by atoms with Gasteiger partial charge in [0.25, 0.3) is 5.91 Å². The van der Waals surface area contributed by atoms with E-state index >= 15 is 0 Å². The maximum Gasteiger partial charge on any atom is 0.251 e. The van der Waals surface area contributed by atoms with Crippen LogP contribution < -0.4 is 16.0 Å². The maximum atomic E-state index is 12.6. The Labute approximate surface area is 160 Å². The summed E-state index contributed by atoms with van der Waals surface area (Å²) in [6.45, 7) is 3.05. The standard InChI is InChI=1S/C22H27N3O2/c1-16-14-19(12-13-23-16)24-21(26)15-20(17-8-4-2-5-9-17)25-22(27)18-10-6-3-7-11-18/h2-11,16,19-20,23H,12-15H2,1H3,(H,24,26)(H,25,27). The molecule has 2 amide bonds. The van der Waals surface area contributed by atoms with Crippen LogP contribution in [0.3, 0.4) is 0 Å². The summed E-state index contributed by atoms with van der Waals surface area (Å²) in [4.78, 5) is 25.2. The van der Waals surface area contributed by atoms with E-state index in [4.69, 9.17) is 0 Å². The van der Waals surface area contributed by atoms with Gasteiger partial charge in [-0.2, -0.15) is 0 Å². The van der Waals surface area contributed by atoms with Crippen molar-refractivity contribution in [3.63, 3.8) is 0 Å². The van der Waals surface area contributed by atoms with Crippen LogP contribution >= 0.6 is 0 Å². The van der Waals surface area contributed by atoms with E-state index in [0.717, 1.165) is 24.9 Å². The lowest BCUT2D eigenvalue weighted by Crippen LogP contribution is -2.47. The van der Waals surface area contributed by atoms with E-state index in [-0.39, 0.29) is 30.3 Å². The van der Waals surface area contributed by atoms with Gasteiger partial charge >= 0.3 is 0 Å². The molecule has 0 bridgehead atoms. The van der Waals surface area contributed by atoms with Gasteiger partial charge in [-0.1, -0.05) is 48.5 Å². The zero-order chi connectivity index (χ0) is 19.1. The van der Waals surface area contributed by atoms with Gasteiger partial charge in [0.2, 0.25) is 5.91 Å². The van der Waals surface area contributed by atoms with Crippen molar-refractivity contribution in [3.8, 4) is 0 Å². The number of rotatable bonds is 6. The highest BCUT2D eigenvalue weighted by Gasteiger charge is 2.23. The lowest BCUT2D eigenvalue weighted by atomic mass is 9.99. The molecule has 3 rings (SSSR count). The predicted octanol–water partition coefficient (Wildman–Crippen LogP) is 2.80. The van der Waals surface area contributed by atoms with Crippen molar-refractivity contribution in [1.82, 2.24) is 16.0 Å². The molecule has 1 fully saturated rings. The molecule has 3 unspecified atom stereocenters. The Morgan fingerprint density at radius 3 is 2.41 bits per heavy atom. The van der Waals surface area contributed by atoms with Crippen LogP contribution in [0.15, 0.2) is 60.7 Å². The lowest BCUT2D eigenvalue weighted by Gasteiger charge is -2.29. The number of piperidine rings is 1. The first-order valence-corrected chi connectivity index (χ1v) is 9.55. The van der Waals surface area contributed by atoms with E-state index in [0.29, 0.717) is 11.6 Å². The van der Waals surface area contributed by atoms with E-state index in [1.54, 1.807) is 12.1 Å². The quantitative estimate of drug-likeness (QED) is 0.737. The van der Waals surface area contributed by atoms with Gasteiger partial charge in [-0.3, -0.25) is 9.59 Å². The van der Waals surface area contributed by atoms with Crippen molar-refractivity contribution in [2.45, 2.75) is 44.3 Å². The summed E-state index contributed by atoms with van der Waals surface area (Å²) < 4.78 is 0. The SMILES string of the molecule is CC1CC(NC(=O)CC(NC(=O)c2ccccc2)c2ccccc2)CCN1. The first-order chi connectivity index (χ1) is 13.1. The number of hydrogen-bond acceptors (Lipinski definition) is 3. The Hall–Kier alpha value is -2.66. The van der Waals surface area contributed by atoms with Crippen LogP contribution in [0.2, 0.25) is 0 Å². The molecule has 1 aliphatic heterocycles. The maximum absolute atomic E-state index is 12.6. The molecule has 5 nitrogen and oxygen atoms in total. The second kappa shape index (κ2) is 9.33. The van der Waals surface area contributed by atoms with E-state index in [9.17, 15) is 9.59 Å². The molecule has 1 aliphatic rings. The van der Waals surface area contributed by atoms with E-state index in [1.165, 1.54) is 0 Å². The highest BCUT2D eigenvalue weighted by atomic mass is 16.2. The monoisotopic (exact) mass is 365 g/mol. The van der Waals surface area contributed by atoms with Crippen LogP contribution in [0.5, 0.6) is 0 Å². The Kier molecular flexibility index (Phi) is 6.60. The van der Waals surface area contributed by atoms with Crippen molar-refractivity contribution < 1.29 is 9.59 Å². The fourth-order valence-electron chi connectivity index (χ4n) is 3.50. The van der Waals surface area contributed by atoms with E-state index < -0.39 is 0 Å². The number of benzene rings is 2. The summed E-state index contributed by atoms with van der Waals surface area (Å²) in [5, 5.41) is 9.53. The summed E-state index contributed by atoms with van der Waals surface area (Å²) in [5.74, 6) is -0.205. The summed E-state index contributed by atoms with van der Waals surface area (Å²) in [7, 11) is 0. The zero-order valence-electron chi connectivity index (χ0n) is 15.7. The van der Waals surface area contributed by atoms with Crippen molar-refractivity contribution in [2.24, 2.45) is 0 Å². The molecule has 0 radical (unpaired) electrons. The molecular formula is C22H27N3O2. The van der Waals surface area contributed by atoms with Gasteiger partial charge in [-0.25, -0.2) is 0 Å². The summed E-state index contributed by atoms with van der Waals surface area (Å²) >= 11 is 0. The van der Waals surface area contributed by atoms with Crippen LogP contribution in [0.25, 0.3) is 0 Å². The molecule has 2 aromatic carbocycles. The molecule has 0 aliphatic carbocycles. The molecule has 5 heteroatoms. The third-order valence-electron chi connectivity index (χ3n) is 4.92. The fraction of sp³-hybridized carbons (Fsp3) is 0.364. The highest BCUT2D eigenvalue weighted by molar-refractivity contribution is 5.94. The molecule has 2 aromatic rings. The Morgan fingerprint density at radius 1 is 1.07 bits per heavy atom. The van der Waals surface area contributed by atoms with Gasteiger partial charge in [0.05, 0.1) is 12.5 Å². The second-order valence-electron chi connectivity index (χ2n) is 7.15. The van der Waals surface area contributed by atoms with Gasteiger partial charge in [-0.05, 0) is 44.0 Å². The molecule has 142 valence electrons. The third kappa shape index (κ3) is 5.66. The van der Waals surface area contributed by atoms with Gasteiger partial charge in [0.15, 0.2) is 0 Å². The third-order valence-corrected chi connectivity index (χ3v) is 4.92. The van der Waals surface area contributed by atoms with E-state index in [2.05, 4.69) is 22.9 Å². The Balaban J connectivity index is 1.67. The molecule has 1 saturated heterocycles. The normalized spacial score (nSPS) is 20.5. The van der Waals surface area contributed by atoms with Crippen LogP contribution in [0.4, 0.5) is 0 Å². The van der Waals surface area contributed by atoms with Crippen molar-refractivity contribution in [3.05, 3.63) is 71.8 Å². The summed E-state index contributed by atoms with van der Waals surface area (Å²) in [6.07, 6.45) is 2.08. The summed E-state index contributed by atoms with van der Waals surface area (Å²) in [5.41, 5.74) is 1.52. The van der Waals surface area contributed by atoms with Gasteiger partial charge in [0.1, 0.15) is 0 Å². The summed E-state index contributed by atoms with van der Waals surface area (Å²) in [6, 6.07) is 19.0. The average molecular weight is 365 g/mol. The Bertz CT molecular complexity index is 749. The van der Waals surface area contributed by atoms with Crippen molar-refractivity contribution in [1.29, 1.82) is 0 Å². The fourth-order valence-corrected chi connectivity index (χ4v) is 3.50. The molecule has 0 aromatic heterocycles. The minimum absolute atomic E-state index is 0.0312. The topological polar surface area (TPSA) is 70.2 Å². The average Bonchev–Trinajstić information content (AvgIpc) is 2.69. The number of hydrogen-bond donors (Lipinski definition) is 3. The molecular weight excluding hydrogens is 338 g/mol. The molecule has 3 atom stereocenters. The largest absolute Gasteiger partial charge is 0.353 e. The van der Waals surface area contributed by atoms with Gasteiger partial charge < -0.3 is 16.0 Å². The van der Waals surface area contributed by atoms with Crippen LogP contribution in [-0.2, 0) is 4.79 Å². The number of carbonyl (C=O) groups is 2. The van der Waals surface area contributed by atoms with Gasteiger partial charge in [0, 0.05) is 17.6 Å². The Morgan fingerprint density at radius 2 is 1.74 bits per heavy atom. The first-order valence-electron chi connectivity index (χ1n) is 9.55. The van der Waals surface area contributed by atoms with Crippen molar-refractivity contribution >= 4 is 11.8 Å². The van der Waals surface area contributed by atoms with Crippen LogP contribution in [0.1, 0.15) is 48.1 Å². The molecule has 3 N–H and O–H groups in total. The second-order valence-corrected chi connectivity index (χ2v) is 7.15. The molecule has 27 heavy (non-hydrogen) atoms. The molecule has 0 saturated carbocycles.